The van der Waals surface area contributed by atoms with Crippen LogP contribution in [0.15, 0.2) is 35.2 Å². The average molecular weight is 423 g/mol. The molecule has 0 radical (unpaired) electrons. The molecule has 26 heavy (non-hydrogen) atoms. The Morgan fingerprint density at radius 2 is 1.88 bits per heavy atom. The molecule has 0 aliphatic rings. The highest BCUT2D eigenvalue weighted by Gasteiger charge is 2.22. The molecule has 8 nitrogen and oxygen atoms in total. The van der Waals surface area contributed by atoms with Crippen LogP contribution in [0.5, 0.6) is 11.5 Å². The van der Waals surface area contributed by atoms with Crippen LogP contribution in [0.3, 0.4) is 0 Å². The van der Waals surface area contributed by atoms with Gasteiger partial charge in [0.05, 0.1) is 41.5 Å². The maximum atomic E-state index is 14.2. The molecule has 0 fully saturated rings. The number of pyridine rings is 2. The molecule has 0 saturated heterocycles. The standard InChI is InChI=1S/C16H12BrFN4O4/c1-25-13-4-11-8(3-9(13)17)15(12(6-20-11)22(23)24)21-16-10(18)5-19-7-14(16)26-2/h3-7H,1-2H3,(H,19,20,21). The molecule has 0 amide bonds. The van der Waals surface area contributed by atoms with E-state index >= 15 is 0 Å². The Morgan fingerprint density at radius 3 is 2.54 bits per heavy atom. The van der Waals surface area contributed by atoms with E-state index in [-0.39, 0.29) is 22.8 Å². The first-order valence-electron chi connectivity index (χ1n) is 7.21. The molecular formula is C16H12BrFN4O4. The summed E-state index contributed by atoms with van der Waals surface area (Å²) in [5.41, 5.74) is 0.135. The van der Waals surface area contributed by atoms with Crippen molar-refractivity contribution in [2.45, 2.75) is 0 Å². The zero-order valence-electron chi connectivity index (χ0n) is 13.6. The average Bonchev–Trinajstić information content (AvgIpc) is 2.62. The molecule has 2 heterocycles. The van der Waals surface area contributed by atoms with Gasteiger partial charge in [0.15, 0.2) is 11.6 Å². The maximum Gasteiger partial charge on any atom is 0.311 e. The lowest BCUT2D eigenvalue weighted by molar-refractivity contribution is -0.384. The first kappa shape index (κ1) is 17.8. The summed E-state index contributed by atoms with van der Waals surface area (Å²) in [7, 11) is 2.84. The topological polar surface area (TPSA) is 99.4 Å². The monoisotopic (exact) mass is 422 g/mol. The lowest BCUT2D eigenvalue weighted by Gasteiger charge is -2.14. The molecule has 1 N–H and O–H groups in total. The zero-order chi connectivity index (χ0) is 18.8. The summed E-state index contributed by atoms with van der Waals surface area (Å²) in [6, 6.07) is 3.23. The number of hydrogen-bond donors (Lipinski definition) is 1. The number of benzene rings is 1. The second-order valence-corrected chi connectivity index (χ2v) is 5.96. The third-order valence-electron chi connectivity index (χ3n) is 3.65. The molecule has 0 bridgehead atoms. The second-order valence-electron chi connectivity index (χ2n) is 5.10. The van der Waals surface area contributed by atoms with Crippen molar-refractivity contribution in [3.8, 4) is 11.5 Å². The van der Waals surface area contributed by atoms with Gasteiger partial charge >= 0.3 is 5.69 Å². The summed E-state index contributed by atoms with van der Waals surface area (Å²) in [5, 5.41) is 14.6. The summed E-state index contributed by atoms with van der Waals surface area (Å²) in [5.74, 6) is -0.0921. The van der Waals surface area contributed by atoms with Gasteiger partial charge in [0.1, 0.15) is 23.3 Å². The fraction of sp³-hybridized carbons (Fsp3) is 0.125. The predicted octanol–water partition coefficient (Wildman–Crippen LogP) is 4.20. The number of halogens is 2. The second kappa shape index (κ2) is 7.08. The first-order valence-corrected chi connectivity index (χ1v) is 8.00. The van der Waals surface area contributed by atoms with Crippen molar-refractivity contribution in [2.75, 3.05) is 19.5 Å². The van der Waals surface area contributed by atoms with E-state index in [0.29, 0.717) is 21.1 Å². The Kier molecular flexibility index (Phi) is 4.85. The van der Waals surface area contributed by atoms with Crippen molar-refractivity contribution >= 4 is 43.9 Å². The van der Waals surface area contributed by atoms with Crippen molar-refractivity contribution < 1.29 is 18.8 Å². The number of methoxy groups -OCH3 is 2. The van der Waals surface area contributed by atoms with E-state index in [4.69, 9.17) is 9.47 Å². The molecule has 2 aromatic heterocycles. The summed E-state index contributed by atoms with van der Waals surface area (Å²) >= 11 is 3.34. The van der Waals surface area contributed by atoms with Gasteiger partial charge in [0, 0.05) is 11.5 Å². The highest BCUT2D eigenvalue weighted by atomic mass is 79.9. The lowest BCUT2D eigenvalue weighted by atomic mass is 10.1. The van der Waals surface area contributed by atoms with Crippen LogP contribution in [0, 0.1) is 15.9 Å². The predicted molar refractivity (Wildman–Crippen MR) is 96.7 cm³/mol. The molecular weight excluding hydrogens is 411 g/mol. The van der Waals surface area contributed by atoms with Gasteiger partial charge in [-0.25, -0.2) is 9.37 Å². The van der Waals surface area contributed by atoms with E-state index < -0.39 is 10.7 Å². The number of ether oxygens (including phenoxy) is 2. The number of hydrogen-bond acceptors (Lipinski definition) is 7. The van der Waals surface area contributed by atoms with Crippen LogP contribution >= 0.6 is 15.9 Å². The number of rotatable bonds is 5. The molecule has 0 atom stereocenters. The van der Waals surface area contributed by atoms with Crippen LogP contribution in [0.4, 0.5) is 21.5 Å². The third kappa shape index (κ3) is 3.10. The maximum absolute atomic E-state index is 14.2. The fourth-order valence-corrected chi connectivity index (χ4v) is 2.93. The van der Waals surface area contributed by atoms with Gasteiger partial charge in [-0.3, -0.25) is 15.1 Å². The smallest absolute Gasteiger partial charge is 0.311 e. The van der Waals surface area contributed by atoms with Gasteiger partial charge in [-0.05, 0) is 22.0 Å². The number of aromatic nitrogens is 2. The number of nitrogens with one attached hydrogen (secondary N) is 1. The Labute approximate surface area is 155 Å². The van der Waals surface area contributed by atoms with Crippen LogP contribution in [0.25, 0.3) is 10.9 Å². The molecule has 0 aliphatic heterocycles. The van der Waals surface area contributed by atoms with E-state index in [2.05, 4.69) is 31.2 Å². The van der Waals surface area contributed by atoms with Crippen LogP contribution in [-0.2, 0) is 0 Å². The van der Waals surface area contributed by atoms with E-state index in [1.807, 2.05) is 0 Å². The van der Waals surface area contributed by atoms with Crippen LogP contribution < -0.4 is 14.8 Å². The Bertz CT molecular complexity index is 1020. The van der Waals surface area contributed by atoms with E-state index in [0.717, 1.165) is 12.4 Å². The Balaban J connectivity index is 2.28. The highest BCUT2D eigenvalue weighted by Crippen LogP contribution is 2.40. The van der Waals surface area contributed by atoms with Crippen molar-refractivity contribution in [1.29, 1.82) is 0 Å². The van der Waals surface area contributed by atoms with Gasteiger partial charge in [0.2, 0.25) is 0 Å². The minimum atomic E-state index is -0.712. The molecule has 134 valence electrons. The van der Waals surface area contributed by atoms with E-state index in [1.165, 1.54) is 20.4 Å². The summed E-state index contributed by atoms with van der Waals surface area (Å²) in [6.07, 6.45) is 3.39. The summed E-state index contributed by atoms with van der Waals surface area (Å²) in [4.78, 5) is 18.7. The fourth-order valence-electron chi connectivity index (χ4n) is 2.43. The van der Waals surface area contributed by atoms with Crippen molar-refractivity contribution in [2.24, 2.45) is 0 Å². The Morgan fingerprint density at radius 1 is 1.15 bits per heavy atom. The molecule has 10 heteroatoms. The van der Waals surface area contributed by atoms with Crippen LogP contribution in [-0.4, -0.2) is 29.1 Å². The van der Waals surface area contributed by atoms with Crippen molar-refractivity contribution in [3.63, 3.8) is 0 Å². The summed E-state index contributed by atoms with van der Waals surface area (Å²) in [6.45, 7) is 0. The Hall–Kier alpha value is -3.01. The minimum Gasteiger partial charge on any atom is -0.495 e. The van der Waals surface area contributed by atoms with E-state index in [9.17, 15) is 14.5 Å². The van der Waals surface area contributed by atoms with Gasteiger partial charge in [-0.2, -0.15) is 0 Å². The lowest BCUT2D eigenvalue weighted by Crippen LogP contribution is -2.03. The number of anilines is 2. The molecule has 3 rings (SSSR count). The molecule has 3 aromatic rings. The summed E-state index contributed by atoms with van der Waals surface area (Å²) < 4.78 is 25.1. The van der Waals surface area contributed by atoms with Crippen LogP contribution in [0.2, 0.25) is 0 Å². The van der Waals surface area contributed by atoms with Gasteiger partial charge in [-0.15, -0.1) is 0 Å². The van der Waals surface area contributed by atoms with Crippen molar-refractivity contribution in [3.05, 3.63) is 51.1 Å². The molecule has 0 aliphatic carbocycles. The molecule has 1 aromatic carbocycles. The number of nitrogens with zero attached hydrogens (tertiary/aromatic N) is 3. The van der Waals surface area contributed by atoms with E-state index in [1.54, 1.807) is 12.1 Å². The first-order chi connectivity index (χ1) is 12.5. The highest BCUT2D eigenvalue weighted by molar-refractivity contribution is 9.10. The number of nitro groups is 1. The SMILES string of the molecule is COc1cc2ncc([N+](=O)[O-])c(Nc3c(F)cncc3OC)c2cc1Br. The van der Waals surface area contributed by atoms with Gasteiger partial charge < -0.3 is 14.8 Å². The molecule has 0 unspecified atom stereocenters. The quantitative estimate of drug-likeness (QED) is 0.485. The van der Waals surface area contributed by atoms with Crippen LogP contribution in [0.1, 0.15) is 0 Å². The van der Waals surface area contributed by atoms with Crippen molar-refractivity contribution in [1.82, 2.24) is 9.97 Å². The van der Waals surface area contributed by atoms with Gasteiger partial charge in [-0.1, -0.05) is 0 Å². The molecule has 0 spiro atoms. The minimum absolute atomic E-state index is 0.0648. The largest absolute Gasteiger partial charge is 0.495 e. The number of fused-ring (bicyclic) bond motifs is 1. The third-order valence-corrected chi connectivity index (χ3v) is 4.27. The normalized spacial score (nSPS) is 10.6. The van der Waals surface area contributed by atoms with Gasteiger partial charge in [0.25, 0.3) is 0 Å². The zero-order valence-corrected chi connectivity index (χ0v) is 15.2. The molecule has 0 saturated carbocycles.